The molecule has 158 valence electrons. The Bertz CT molecular complexity index is 894. The van der Waals surface area contributed by atoms with Crippen LogP contribution in [-0.4, -0.2) is 88.2 Å². The average Bonchev–Trinajstić information content (AvgIpc) is 3.11. The third-order valence-electron chi connectivity index (χ3n) is 4.22. The van der Waals surface area contributed by atoms with Crippen molar-refractivity contribution in [1.29, 1.82) is 0 Å². The van der Waals surface area contributed by atoms with Crippen molar-refractivity contribution in [2.24, 2.45) is 0 Å². The molecule has 5 atom stereocenters. The molecule has 1 aliphatic rings. The second-order valence-corrected chi connectivity index (χ2v) is 6.61. The lowest BCUT2D eigenvalue weighted by atomic mass is 9.98. The number of fused-ring (bicyclic) bond motifs is 1. The Morgan fingerprint density at radius 2 is 1.97 bits per heavy atom. The predicted molar refractivity (Wildman–Crippen MR) is 101 cm³/mol. The van der Waals surface area contributed by atoms with Gasteiger partial charge in [-0.2, -0.15) is 0 Å². The molecular weight excluding hydrogens is 408 g/mol. The number of anilines is 1. The second-order valence-electron chi connectivity index (χ2n) is 6.20. The van der Waals surface area contributed by atoms with Crippen LogP contribution in [0, 0.1) is 0 Å². The SMILES string of the molecule is Nc1ncnc2c1ncn2CC(=O)NNC(=S)N[C@@H]1O[C@H](CO)[C@H](O)[C@H](O)[C@H]1O. The maximum Gasteiger partial charge on any atom is 0.258 e. The van der Waals surface area contributed by atoms with Gasteiger partial charge in [0, 0.05) is 0 Å². The zero-order valence-electron chi connectivity index (χ0n) is 14.8. The van der Waals surface area contributed by atoms with Crippen molar-refractivity contribution in [3.8, 4) is 0 Å². The van der Waals surface area contributed by atoms with E-state index in [1.165, 1.54) is 17.2 Å². The summed E-state index contributed by atoms with van der Waals surface area (Å²) in [5, 5.41) is 41.0. The zero-order chi connectivity index (χ0) is 21.1. The highest BCUT2D eigenvalue weighted by Gasteiger charge is 2.43. The van der Waals surface area contributed by atoms with E-state index >= 15 is 0 Å². The predicted octanol–water partition coefficient (Wildman–Crippen LogP) is -4.30. The number of ether oxygens (including phenoxy) is 1. The summed E-state index contributed by atoms with van der Waals surface area (Å²) < 4.78 is 6.71. The Kier molecular flexibility index (Phi) is 6.36. The van der Waals surface area contributed by atoms with E-state index < -0.39 is 43.2 Å². The van der Waals surface area contributed by atoms with E-state index in [1.54, 1.807) is 0 Å². The summed E-state index contributed by atoms with van der Waals surface area (Å²) in [7, 11) is 0. The van der Waals surface area contributed by atoms with Crippen molar-refractivity contribution in [2.75, 3.05) is 12.3 Å². The number of aliphatic hydroxyl groups is 4. The zero-order valence-corrected chi connectivity index (χ0v) is 15.7. The number of hydrogen-bond donors (Lipinski definition) is 8. The van der Waals surface area contributed by atoms with Crippen LogP contribution in [0.15, 0.2) is 12.7 Å². The number of rotatable bonds is 4. The van der Waals surface area contributed by atoms with Crippen molar-refractivity contribution in [3.05, 3.63) is 12.7 Å². The van der Waals surface area contributed by atoms with E-state index in [1.807, 2.05) is 0 Å². The first-order chi connectivity index (χ1) is 13.8. The molecule has 1 aliphatic heterocycles. The standard InChI is InChI=1S/C14H20N8O6S/c15-11-7-12(17-3-16-11)22(4-18-7)1-6(24)20-21-14(29)19-13-10(27)9(26)8(25)5(2-23)28-13/h3-5,8-10,13,23,25-27H,1-2H2,(H,20,24)(H2,15,16,17)(H2,19,21,29)/t5-,8+,9+,10-,13-/m1/s1. The fraction of sp³-hybridized carbons (Fsp3) is 0.500. The van der Waals surface area contributed by atoms with Crippen LogP contribution in [0.25, 0.3) is 11.2 Å². The second kappa shape index (κ2) is 8.76. The number of aromatic nitrogens is 4. The molecule has 29 heavy (non-hydrogen) atoms. The molecule has 0 aromatic carbocycles. The quantitative estimate of drug-likeness (QED) is 0.171. The lowest BCUT2D eigenvalue weighted by Gasteiger charge is -2.40. The van der Waals surface area contributed by atoms with E-state index in [0.717, 1.165) is 0 Å². The number of carbonyl (C=O) groups excluding carboxylic acids is 1. The summed E-state index contributed by atoms with van der Waals surface area (Å²) in [6, 6.07) is 0. The Morgan fingerprint density at radius 1 is 1.21 bits per heavy atom. The molecule has 9 N–H and O–H groups in total. The van der Waals surface area contributed by atoms with Crippen LogP contribution in [0.1, 0.15) is 0 Å². The van der Waals surface area contributed by atoms with Gasteiger partial charge in [0.2, 0.25) is 0 Å². The van der Waals surface area contributed by atoms with Gasteiger partial charge in [-0.25, -0.2) is 15.0 Å². The van der Waals surface area contributed by atoms with Crippen molar-refractivity contribution in [1.82, 2.24) is 35.7 Å². The lowest BCUT2D eigenvalue weighted by Crippen LogP contribution is -2.64. The fourth-order valence-corrected chi connectivity index (χ4v) is 2.89. The van der Waals surface area contributed by atoms with Gasteiger partial charge in [-0.3, -0.25) is 15.6 Å². The highest BCUT2D eigenvalue weighted by molar-refractivity contribution is 7.80. The summed E-state index contributed by atoms with van der Waals surface area (Å²) >= 11 is 5.00. The Labute approximate surface area is 168 Å². The van der Waals surface area contributed by atoms with Gasteiger partial charge in [0.25, 0.3) is 5.91 Å². The third kappa shape index (κ3) is 4.50. The summed E-state index contributed by atoms with van der Waals surface area (Å²) in [5.74, 6) is -0.309. The minimum atomic E-state index is -1.56. The van der Waals surface area contributed by atoms with Crippen LogP contribution in [-0.2, 0) is 16.1 Å². The van der Waals surface area contributed by atoms with Crippen molar-refractivity contribution in [2.45, 2.75) is 37.2 Å². The molecule has 14 nitrogen and oxygen atoms in total. The largest absolute Gasteiger partial charge is 0.394 e. The number of nitrogens with one attached hydrogen (secondary N) is 3. The molecule has 0 spiro atoms. The minimum Gasteiger partial charge on any atom is -0.394 e. The maximum atomic E-state index is 12.1. The van der Waals surface area contributed by atoms with Gasteiger partial charge in [0.15, 0.2) is 22.8 Å². The minimum absolute atomic E-state index is 0.135. The van der Waals surface area contributed by atoms with E-state index in [9.17, 15) is 25.2 Å². The maximum absolute atomic E-state index is 12.1. The molecule has 0 bridgehead atoms. The van der Waals surface area contributed by atoms with Gasteiger partial charge in [0.05, 0.1) is 12.9 Å². The van der Waals surface area contributed by atoms with Gasteiger partial charge in [-0.15, -0.1) is 0 Å². The van der Waals surface area contributed by atoms with Crippen LogP contribution in [0.2, 0.25) is 0 Å². The van der Waals surface area contributed by atoms with Gasteiger partial charge < -0.3 is 40.8 Å². The number of aliphatic hydroxyl groups excluding tert-OH is 4. The average molecular weight is 428 g/mol. The number of carbonyl (C=O) groups is 1. The fourth-order valence-electron chi connectivity index (χ4n) is 2.72. The molecule has 2 aromatic heterocycles. The van der Waals surface area contributed by atoms with Crippen molar-refractivity contribution >= 4 is 40.2 Å². The normalized spacial score (nSPS) is 26.8. The van der Waals surface area contributed by atoms with E-state index in [2.05, 4.69) is 31.1 Å². The first-order valence-corrected chi connectivity index (χ1v) is 8.79. The van der Waals surface area contributed by atoms with Crippen molar-refractivity contribution in [3.63, 3.8) is 0 Å². The molecule has 0 unspecified atom stereocenters. The molecule has 0 aliphatic carbocycles. The van der Waals surface area contributed by atoms with Crippen LogP contribution in [0.5, 0.6) is 0 Å². The summed E-state index contributed by atoms with van der Waals surface area (Å²) in [6.07, 6.45) is -4.24. The number of hydrogen-bond acceptors (Lipinski definition) is 11. The van der Waals surface area contributed by atoms with Gasteiger partial charge >= 0.3 is 0 Å². The van der Waals surface area contributed by atoms with Crippen LogP contribution in [0.4, 0.5) is 5.82 Å². The summed E-state index contributed by atoms with van der Waals surface area (Å²) in [6.45, 7) is -0.727. The van der Waals surface area contributed by atoms with E-state index in [0.29, 0.717) is 11.2 Å². The number of nitrogens with two attached hydrogens (primary N) is 1. The number of nitrogens with zero attached hydrogens (tertiary/aromatic N) is 4. The smallest absolute Gasteiger partial charge is 0.258 e. The molecule has 1 fully saturated rings. The topological polar surface area (TPSA) is 213 Å². The highest BCUT2D eigenvalue weighted by atomic mass is 32.1. The number of imidazole rings is 1. The first kappa shape index (κ1) is 21.0. The molecule has 0 saturated carbocycles. The Hall–Kier alpha value is -2.69. The van der Waals surface area contributed by atoms with Gasteiger partial charge in [-0.05, 0) is 12.2 Å². The van der Waals surface area contributed by atoms with Gasteiger partial charge in [0.1, 0.15) is 42.8 Å². The molecule has 0 radical (unpaired) electrons. The molecule has 2 aromatic rings. The highest BCUT2D eigenvalue weighted by Crippen LogP contribution is 2.19. The molecule has 1 saturated heterocycles. The monoisotopic (exact) mass is 428 g/mol. The first-order valence-electron chi connectivity index (χ1n) is 8.39. The molecule has 3 heterocycles. The third-order valence-corrected chi connectivity index (χ3v) is 4.44. The molecule has 1 amide bonds. The van der Waals surface area contributed by atoms with Gasteiger partial charge in [-0.1, -0.05) is 0 Å². The number of hydrazine groups is 1. The molecule has 3 rings (SSSR count). The van der Waals surface area contributed by atoms with Crippen LogP contribution in [0.3, 0.4) is 0 Å². The summed E-state index contributed by atoms with van der Waals surface area (Å²) in [5.41, 5.74) is 11.2. The summed E-state index contributed by atoms with van der Waals surface area (Å²) in [4.78, 5) is 24.0. The lowest BCUT2D eigenvalue weighted by molar-refractivity contribution is -0.232. The van der Waals surface area contributed by atoms with E-state index in [-0.39, 0.29) is 17.5 Å². The van der Waals surface area contributed by atoms with Crippen molar-refractivity contribution < 1.29 is 30.0 Å². The Morgan fingerprint density at radius 3 is 2.69 bits per heavy atom. The molecular formula is C14H20N8O6S. The number of nitrogen functional groups attached to an aromatic ring is 1. The number of amides is 1. The van der Waals surface area contributed by atoms with Crippen LogP contribution >= 0.6 is 12.2 Å². The van der Waals surface area contributed by atoms with Crippen LogP contribution < -0.4 is 21.9 Å². The van der Waals surface area contributed by atoms with E-state index in [4.69, 9.17) is 22.7 Å². The number of thiocarbonyl (C=S) groups is 1. The molecule has 15 heteroatoms. The Balaban J connectivity index is 1.52.